The fourth-order valence-electron chi connectivity index (χ4n) is 1.97. The average molecular weight is 232 g/mol. The highest BCUT2D eigenvalue weighted by Crippen LogP contribution is 2.20. The maximum atomic E-state index is 4.53. The van der Waals surface area contributed by atoms with Gasteiger partial charge in [-0.25, -0.2) is 0 Å². The van der Waals surface area contributed by atoms with E-state index in [0.717, 1.165) is 17.8 Å². The summed E-state index contributed by atoms with van der Waals surface area (Å²) >= 11 is 0. The van der Waals surface area contributed by atoms with Crippen molar-refractivity contribution in [2.24, 2.45) is 7.05 Å². The maximum Gasteiger partial charge on any atom is 0.0654 e. The molecule has 0 saturated heterocycles. The number of aromatic nitrogens is 4. The van der Waals surface area contributed by atoms with E-state index >= 15 is 0 Å². The van der Waals surface area contributed by atoms with Crippen molar-refractivity contribution >= 4 is 0 Å². The number of nitrogens with zero attached hydrogens (tertiary/aromatic N) is 3. The van der Waals surface area contributed by atoms with Gasteiger partial charge in [-0.05, 0) is 24.5 Å². The van der Waals surface area contributed by atoms with Crippen molar-refractivity contribution in [2.45, 2.75) is 39.0 Å². The fourth-order valence-corrected chi connectivity index (χ4v) is 1.97. The molecule has 1 N–H and O–H groups in total. The Kier molecular flexibility index (Phi) is 3.31. The third-order valence-corrected chi connectivity index (χ3v) is 3.13. The number of hydrogen-bond donors (Lipinski definition) is 1. The summed E-state index contributed by atoms with van der Waals surface area (Å²) in [6, 6.07) is 4.23. The van der Waals surface area contributed by atoms with Gasteiger partial charge in [-0.3, -0.25) is 9.78 Å². The molecule has 1 unspecified atom stereocenters. The molecule has 0 saturated carbocycles. The van der Waals surface area contributed by atoms with Crippen LogP contribution in [-0.4, -0.2) is 20.0 Å². The Morgan fingerprint density at radius 1 is 1.29 bits per heavy atom. The van der Waals surface area contributed by atoms with Gasteiger partial charge >= 0.3 is 0 Å². The molecule has 4 heteroatoms. The van der Waals surface area contributed by atoms with E-state index in [0.29, 0.717) is 11.8 Å². The van der Waals surface area contributed by atoms with Crippen LogP contribution in [0.2, 0.25) is 0 Å². The Balaban J connectivity index is 2.13. The predicted octanol–water partition coefficient (Wildman–Crippen LogP) is 2.61. The maximum absolute atomic E-state index is 4.53. The van der Waals surface area contributed by atoms with Gasteiger partial charge in [0.2, 0.25) is 0 Å². The molecular weight excluding hydrogens is 212 g/mol. The summed E-state index contributed by atoms with van der Waals surface area (Å²) in [5, 5.41) is 11.6. The molecule has 2 aromatic rings. The number of hydrogen-bond acceptors (Lipinski definition) is 2. The molecule has 4 nitrogen and oxygen atoms in total. The van der Waals surface area contributed by atoms with E-state index in [4.69, 9.17) is 0 Å². The third kappa shape index (κ3) is 2.57. The Hall–Kier alpha value is -1.58. The standard InChI is InChI=1S/C13H20N4/c1-9(2)13-8-11(17(4)16-13)7-10(3)12-5-6-14-15-12/h5-6,8-10H,7H2,1-4H3,(H,14,15). The molecule has 0 aliphatic heterocycles. The number of aromatic amines is 1. The molecule has 2 aromatic heterocycles. The monoisotopic (exact) mass is 232 g/mol. The molecule has 0 aliphatic rings. The van der Waals surface area contributed by atoms with Crippen molar-refractivity contribution in [2.75, 3.05) is 0 Å². The molecule has 0 amide bonds. The average Bonchev–Trinajstić information content (AvgIpc) is 2.88. The van der Waals surface area contributed by atoms with E-state index in [1.54, 1.807) is 0 Å². The molecule has 92 valence electrons. The Labute approximate surface area is 102 Å². The van der Waals surface area contributed by atoms with Gasteiger partial charge in [-0.2, -0.15) is 10.2 Å². The second-order valence-corrected chi connectivity index (χ2v) is 4.94. The minimum Gasteiger partial charge on any atom is -0.285 e. The minimum atomic E-state index is 0.414. The van der Waals surface area contributed by atoms with E-state index in [2.05, 4.69) is 42.1 Å². The van der Waals surface area contributed by atoms with Gasteiger partial charge in [0.15, 0.2) is 0 Å². The van der Waals surface area contributed by atoms with Gasteiger partial charge in [-0.15, -0.1) is 0 Å². The van der Waals surface area contributed by atoms with Crippen LogP contribution in [0.3, 0.4) is 0 Å². The van der Waals surface area contributed by atoms with Gasteiger partial charge in [0.05, 0.1) is 11.4 Å². The van der Waals surface area contributed by atoms with Crippen LogP contribution in [0.1, 0.15) is 49.7 Å². The summed E-state index contributed by atoms with van der Waals surface area (Å²) in [5.74, 6) is 0.896. The quantitative estimate of drug-likeness (QED) is 0.880. The molecule has 2 rings (SSSR count). The molecule has 0 radical (unpaired) electrons. The molecule has 0 aromatic carbocycles. The number of nitrogens with one attached hydrogen (secondary N) is 1. The molecule has 17 heavy (non-hydrogen) atoms. The highest BCUT2D eigenvalue weighted by Gasteiger charge is 2.13. The first-order chi connectivity index (χ1) is 8.08. The zero-order valence-electron chi connectivity index (χ0n) is 10.9. The summed E-state index contributed by atoms with van der Waals surface area (Å²) in [7, 11) is 2.01. The Morgan fingerprint density at radius 3 is 2.59 bits per heavy atom. The molecule has 1 atom stereocenters. The topological polar surface area (TPSA) is 46.5 Å². The van der Waals surface area contributed by atoms with Crippen LogP contribution >= 0.6 is 0 Å². The second kappa shape index (κ2) is 4.73. The number of rotatable bonds is 4. The summed E-state index contributed by atoms with van der Waals surface area (Å²) in [5.41, 5.74) is 3.54. The first-order valence-electron chi connectivity index (χ1n) is 6.10. The largest absolute Gasteiger partial charge is 0.285 e. The van der Waals surface area contributed by atoms with E-state index in [1.807, 2.05) is 24.0 Å². The lowest BCUT2D eigenvalue weighted by Crippen LogP contribution is -2.04. The van der Waals surface area contributed by atoms with Crippen LogP contribution in [0.4, 0.5) is 0 Å². The molecule has 0 aliphatic carbocycles. The third-order valence-electron chi connectivity index (χ3n) is 3.13. The van der Waals surface area contributed by atoms with Crippen molar-refractivity contribution < 1.29 is 0 Å². The first-order valence-corrected chi connectivity index (χ1v) is 6.10. The lowest BCUT2D eigenvalue weighted by atomic mass is 10.0. The molecule has 0 bridgehead atoms. The minimum absolute atomic E-state index is 0.414. The van der Waals surface area contributed by atoms with Crippen molar-refractivity contribution in [3.63, 3.8) is 0 Å². The van der Waals surface area contributed by atoms with Crippen LogP contribution in [0.15, 0.2) is 18.3 Å². The summed E-state index contributed by atoms with van der Waals surface area (Å²) in [6.45, 7) is 6.53. The molecular formula is C13H20N4. The van der Waals surface area contributed by atoms with Crippen molar-refractivity contribution in [3.8, 4) is 0 Å². The normalized spacial score (nSPS) is 13.2. The highest BCUT2D eigenvalue weighted by atomic mass is 15.3. The second-order valence-electron chi connectivity index (χ2n) is 4.94. The number of aryl methyl sites for hydroxylation is 1. The molecule has 0 spiro atoms. The van der Waals surface area contributed by atoms with Gasteiger partial charge in [-0.1, -0.05) is 20.8 Å². The van der Waals surface area contributed by atoms with Crippen LogP contribution in [0, 0.1) is 0 Å². The van der Waals surface area contributed by atoms with Crippen molar-refractivity contribution in [3.05, 3.63) is 35.4 Å². The molecule has 2 heterocycles. The van der Waals surface area contributed by atoms with Crippen LogP contribution in [-0.2, 0) is 13.5 Å². The summed E-state index contributed by atoms with van der Waals surface area (Å²) in [4.78, 5) is 0. The summed E-state index contributed by atoms with van der Waals surface area (Å²) in [6.07, 6.45) is 2.84. The Bertz CT molecular complexity index is 468. The summed E-state index contributed by atoms with van der Waals surface area (Å²) < 4.78 is 1.98. The lowest BCUT2D eigenvalue weighted by molar-refractivity contribution is 0.637. The molecule has 0 fully saturated rings. The fraction of sp³-hybridized carbons (Fsp3) is 0.538. The smallest absolute Gasteiger partial charge is 0.0654 e. The van der Waals surface area contributed by atoms with Gasteiger partial charge in [0, 0.05) is 24.9 Å². The van der Waals surface area contributed by atoms with E-state index in [9.17, 15) is 0 Å². The van der Waals surface area contributed by atoms with Gasteiger partial charge < -0.3 is 0 Å². The number of H-pyrrole nitrogens is 1. The SMILES string of the molecule is CC(C)c1cc(CC(C)c2cc[nH]n2)n(C)n1. The Morgan fingerprint density at radius 2 is 2.06 bits per heavy atom. The highest BCUT2D eigenvalue weighted by molar-refractivity contribution is 5.17. The lowest BCUT2D eigenvalue weighted by Gasteiger charge is -2.07. The predicted molar refractivity (Wildman–Crippen MR) is 68.0 cm³/mol. The van der Waals surface area contributed by atoms with Crippen LogP contribution in [0.5, 0.6) is 0 Å². The van der Waals surface area contributed by atoms with Gasteiger partial charge in [0.1, 0.15) is 0 Å². The zero-order chi connectivity index (χ0) is 12.4. The zero-order valence-corrected chi connectivity index (χ0v) is 10.9. The van der Waals surface area contributed by atoms with Gasteiger partial charge in [0.25, 0.3) is 0 Å². The van der Waals surface area contributed by atoms with Crippen LogP contribution < -0.4 is 0 Å². The van der Waals surface area contributed by atoms with Crippen LogP contribution in [0.25, 0.3) is 0 Å². The van der Waals surface area contributed by atoms with E-state index in [-0.39, 0.29) is 0 Å². The van der Waals surface area contributed by atoms with Crippen molar-refractivity contribution in [1.82, 2.24) is 20.0 Å². The van der Waals surface area contributed by atoms with E-state index < -0.39 is 0 Å². The van der Waals surface area contributed by atoms with E-state index in [1.165, 1.54) is 5.69 Å². The first kappa shape index (κ1) is 11.9. The van der Waals surface area contributed by atoms with Crippen molar-refractivity contribution in [1.29, 1.82) is 0 Å².